The number of anilines is 1. The van der Waals surface area contributed by atoms with Crippen molar-refractivity contribution in [1.29, 1.82) is 0 Å². The molecule has 0 spiro atoms. The van der Waals surface area contributed by atoms with Crippen LogP contribution in [-0.4, -0.2) is 46.7 Å². The molecule has 0 bridgehead atoms. The first-order chi connectivity index (χ1) is 13.5. The lowest BCUT2D eigenvalue weighted by atomic mass is 9.93. The number of ether oxygens (including phenoxy) is 1. The van der Waals surface area contributed by atoms with Crippen molar-refractivity contribution < 1.29 is 14.3 Å². The molecule has 2 heterocycles. The Labute approximate surface area is 169 Å². The van der Waals surface area contributed by atoms with Crippen molar-refractivity contribution in [2.75, 3.05) is 25.5 Å². The SMILES string of the molecule is COc1ccc(Cl)cc1NC(=O)CCC1CCCN(C(=O)c2ccnn2C)C1. The lowest BCUT2D eigenvalue weighted by molar-refractivity contribution is -0.116. The number of aromatic nitrogens is 2. The van der Waals surface area contributed by atoms with E-state index in [-0.39, 0.29) is 11.8 Å². The highest BCUT2D eigenvalue weighted by molar-refractivity contribution is 6.31. The van der Waals surface area contributed by atoms with Crippen molar-refractivity contribution in [2.24, 2.45) is 13.0 Å². The Morgan fingerprint density at radius 1 is 1.36 bits per heavy atom. The molecule has 0 aliphatic carbocycles. The molecule has 2 amide bonds. The number of benzene rings is 1. The molecule has 1 atom stereocenters. The minimum atomic E-state index is -0.0874. The topological polar surface area (TPSA) is 76.5 Å². The van der Waals surface area contributed by atoms with Crippen molar-refractivity contribution >= 4 is 29.1 Å². The van der Waals surface area contributed by atoms with Crippen molar-refractivity contribution in [1.82, 2.24) is 14.7 Å². The van der Waals surface area contributed by atoms with E-state index >= 15 is 0 Å². The van der Waals surface area contributed by atoms with Gasteiger partial charge in [-0.2, -0.15) is 5.10 Å². The number of likely N-dealkylation sites (tertiary alicyclic amines) is 1. The van der Waals surface area contributed by atoms with Crippen LogP contribution in [0.4, 0.5) is 5.69 Å². The van der Waals surface area contributed by atoms with Gasteiger partial charge in [0.05, 0.1) is 12.8 Å². The summed E-state index contributed by atoms with van der Waals surface area (Å²) in [5, 5.41) is 7.47. The molecule has 1 unspecified atom stereocenters. The summed E-state index contributed by atoms with van der Waals surface area (Å²) in [6.07, 6.45) is 4.70. The molecule has 1 aliphatic heterocycles. The number of nitrogens with zero attached hydrogens (tertiary/aromatic N) is 3. The molecule has 8 heteroatoms. The fraction of sp³-hybridized carbons (Fsp3) is 0.450. The molecule has 2 aromatic rings. The molecule has 1 aromatic carbocycles. The van der Waals surface area contributed by atoms with E-state index in [4.69, 9.17) is 16.3 Å². The zero-order valence-electron chi connectivity index (χ0n) is 16.2. The standard InChI is InChI=1S/C20H25ClN4O3/c1-24-17(9-10-22-24)20(27)25-11-3-4-14(13-25)5-8-19(26)23-16-12-15(21)6-7-18(16)28-2/h6-7,9-10,12,14H,3-5,8,11,13H2,1-2H3,(H,23,26). The average Bonchev–Trinajstić information content (AvgIpc) is 3.12. The van der Waals surface area contributed by atoms with Crippen LogP contribution in [0.2, 0.25) is 5.02 Å². The molecule has 7 nitrogen and oxygen atoms in total. The lowest BCUT2D eigenvalue weighted by Crippen LogP contribution is -2.40. The Bertz CT molecular complexity index is 852. The summed E-state index contributed by atoms with van der Waals surface area (Å²) in [6, 6.07) is 6.85. The summed E-state index contributed by atoms with van der Waals surface area (Å²) in [7, 11) is 3.32. The third-order valence-electron chi connectivity index (χ3n) is 5.06. The Morgan fingerprint density at radius 3 is 2.89 bits per heavy atom. The number of amides is 2. The summed E-state index contributed by atoms with van der Waals surface area (Å²) in [6.45, 7) is 1.41. The Kier molecular flexibility index (Phi) is 6.57. The third-order valence-corrected chi connectivity index (χ3v) is 5.30. The van der Waals surface area contributed by atoms with Gasteiger partial charge >= 0.3 is 0 Å². The van der Waals surface area contributed by atoms with Gasteiger partial charge in [-0.15, -0.1) is 0 Å². The van der Waals surface area contributed by atoms with E-state index in [0.29, 0.717) is 41.0 Å². The van der Waals surface area contributed by atoms with E-state index < -0.39 is 0 Å². The molecule has 1 fully saturated rings. The summed E-state index contributed by atoms with van der Waals surface area (Å²) in [4.78, 5) is 26.9. The Morgan fingerprint density at radius 2 is 2.18 bits per heavy atom. The molecule has 28 heavy (non-hydrogen) atoms. The minimum Gasteiger partial charge on any atom is -0.495 e. The van der Waals surface area contributed by atoms with Gasteiger partial charge in [0.15, 0.2) is 0 Å². The number of methoxy groups -OCH3 is 1. The highest BCUT2D eigenvalue weighted by Crippen LogP contribution is 2.28. The van der Waals surface area contributed by atoms with Gasteiger partial charge in [0.1, 0.15) is 11.4 Å². The van der Waals surface area contributed by atoms with E-state index in [0.717, 1.165) is 25.8 Å². The van der Waals surface area contributed by atoms with Gasteiger partial charge in [-0.3, -0.25) is 14.3 Å². The van der Waals surface area contributed by atoms with E-state index in [1.54, 1.807) is 49.3 Å². The summed E-state index contributed by atoms with van der Waals surface area (Å²) >= 11 is 6.00. The smallest absolute Gasteiger partial charge is 0.272 e. The first-order valence-electron chi connectivity index (χ1n) is 9.38. The van der Waals surface area contributed by atoms with Crippen molar-refractivity contribution in [2.45, 2.75) is 25.7 Å². The molecule has 1 aliphatic rings. The molecule has 150 valence electrons. The van der Waals surface area contributed by atoms with Crippen LogP contribution in [-0.2, 0) is 11.8 Å². The highest BCUT2D eigenvalue weighted by Gasteiger charge is 2.26. The van der Waals surface area contributed by atoms with Gasteiger partial charge in [0.2, 0.25) is 5.91 Å². The Balaban J connectivity index is 1.53. The average molecular weight is 405 g/mol. The van der Waals surface area contributed by atoms with Gasteiger partial charge in [-0.25, -0.2) is 0 Å². The number of piperidine rings is 1. The molecular weight excluding hydrogens is 380 g/mol. The van der Waals surface area contributed by atoms with Crippen LogP contribution in [0.5, 0.6) is 5.75 Å². The number of hydrogen-bond acceptors (Lipinski definition) is 4. The summed E-state index contributed by atoms with van der Waals surface area (Å²) < 4.78 is 6.85. The number of rotatable bonds is 6. The molecule has 1 aromatic heterocycles. The maximum Gasteiger partial charge on any atom is 0.272 e. The molecule has 1 saturated heterocycles. The number of halogens is 1. The van der Waals surface area contributed by atoms with Crippen LogP contribution < -0.4 is 10.1 Å². The van der Waals surface area contributed by atoms with Gasteiger partial charge in [-0.05, 0) is 49.4 Å². The molecule has 1 N–H and O–H groups in total. The first kappa shape index (κ1) is 20.2. The molecule has 3 rings (SSSR count). The number of nitrogens with one attached hydrogen (secondary N) is 1. The zero-order valence-corrected chi connectivity index (χ0v) is 16.9. The van der Waals surface area contributed by atoms with Crippen molar-refractivity contribution in [3.05, 3.63) is 41.2 Å². The summed E-state index contributed by atoms with van der Waals surface area (Å²) in [5.74, 6) is 0.787. The minimum absolute atomic E-state index is 0.00202. The van der Waals surface area contributed by atoms with Gasteiger partial charge in [0, 0.05) is 37.8 Å². The first-order valence-corrected chi connectivity index (χ1v) is 9.76. The number of carbonyl (C=O) groups excluding carboxylic acids is 2. The van der Waals surface area contributed by atoms with Crippen LogP contribution in [0.15, 0.2) is 30.5 Å². The third kappa shape index (κ3) is 4.84. The van der Waals surface area contributed by atoms with Crippen LogP contribution in [0.25, 0.3) is 0 Å². The van der Waals surface area contributed by atoms with Crippen LogP contribution in [0, 0.1) is 5.92 Å². The number of hydrogen-bond donors (Lipinski definition) is 1. The van der Waals surface area contributed by atoms with E-state index in [9.17, 15) is 9.59 Å². The van der Waals surface area contributed by atoms with E-state index in [1.807, 2.05) is 4.90 Å². The van der Waals surface area contributed by atoms with Gasteiger partial charge in [-0.1, -0.05) is 11.6 Å². The van der Waals surface area contributed by atoms with E-state index in [2.05, 4.69) is 10.4 Å². The Hall–Kier alpha value is -2.54. The monoisotopic (exact) mass is 404 g/mol. The largest absolute Gasteiger partial charge is 0.495 e. The number of aryl methyl sites for hydroxylation is 1. The fourth-order valence-electron chi connectivity index (χ4n) is 3.56. The molecular formula is C20H25ClN4O3. The van der Waals surface area contributed by atoms with E-state index in [1.165, 1.54) is 0 Å². The second-order valence-corrected chi connectivity index (χ2v) is 7.47. The predicted octanol–water partition coefficient (Wildman–Crippen LogP) is 3.35. The van der Waals surface area contributed by atoms with Crippen molar-refractivity contribution in [3.63, 3.8) is 0 Å². The van der Waals surface area contributed by atoms with Crippen LogP contribution in [0.1, 0.15) is 36.2 Å². The maximum atomic E-state index is 12.7. The maximum absolute atomic E-state index is 12.7. The quantitative estimate of drug-likeness (QED) is 0.800. The second kappa shape index (κ2) is 9.10. The lowest BCUT2D eigenvalue weighted by Gasteiger charge is -2.32. The zero-order chi connectivity index (χ0) is 20.1. The highest BCUT2D eigenvalue weighted by atomic mass is 35.5. The second-order valence-electron chi connectivity index (χ2n) is 7.03. The van der Waals surface area contributed by atoms with Gasteiger partial charge in [0.25, 0.3) is 5.91 Å². The normalized spacial score (nSPS) is 16.7. The molecule has 0 saturated carbocycles. The van der Waals surface area contributed by atoms with Crippen molar-refractivity contribution in [3.8, 4) is 5.75 Å². The fourth-order valence-corrected chi connectivity index (χ4v) is 3.73. The molecule has 0 radical (unpaired) electrons. The predicted molar refractivity (Wildman–Crippen MR) is 108 cm³/mol. The van der Waals surface area contributed by atoms with Crippen LogP contribution >= 0.6 is 11.6 Å². The van der Waals surface area contributed by atoms with Gasteiger partial charge < -0.3 is 15.0 Å². The summed E-state index contributed by atoms with van der Waals surface area (Å²) in [5.41, 5.74) is 1.16. The number of carbonyl (C=O) groups is 2. The van der Waals surface area contributed by atoms with Crippen LogP contribution in [0.3, 0.4) is 0 Å².